The first-order chi connectivity index (χ1) is 11.6. The molecule has 0 atom stereocenters. The SMILES string of the molecule is O=C1CC(Oc2nn[nH]c2C(=O)O)=CC=C1C#Cc1ccccc1. The topological polar surface area (TPSA) is 105 Å². The molecule has 0 unspecified atom stereocenters. The van der Waals surface area contributed by atoms with Crippen LogP contribution in [0.2, 0.25) is 0 Å². The number of rotatable bonds is 3. The number of aromatic carboxylic acids is 1. The van der Waals surface area contributed by atoms with Crippen LogP contribution in [0.25, 0.3) is 0 Å². The van der Waals surface area contributed by atoms with Crippen molar-refractivity contribution in [3.05, 3.63) is 65.1 Å². The van der Waals surface area contributed by atoms with Gasteiger partial charge in [0.2, 0.25) is 5.69 Å². The van der Waals surface area contributed by atoms with Gasteiger partial charge >= 0.3 is 5.97 Å². The summed E-state index contributed by atoms with van der Waals surface area (Å²) in [6.45, 7) is 0. The van der Waals surface area contributed by atoms with Gasteiger partial charge < -0.3 is 9.84 Å². The molecule has 0 saturated heterocycles. The van der Waals surface area contributed by atoms with Crippen molar-refractivity contribution in [2.75, 3.05) is 0 Å². The number of carbonyl (C=O) groups excluding carboxylic acids is 1. The molecule has 7 heteroatoms. The van der Waals surface area contributed by atoms with E-state index in [4.69, 9.17) is 9.84 Å². The van der Waals surface area contributed by atoms with Crippen molar-refractivity contribution in [1.82, 2.24) is 15.4 Å². The van der Waals surface area contributed by atoms with E-state index in [0.717, 1.165) is 5.56 Å². The number of benzene rings is 1. The van der Waals surface area contributed by atoms with E-state index in [1.54, 1.807) is 6.08 Å². The molecule has 0 radical (unpaired) electrons. The number of nitrogens with one attached hydrogen (secondary N) is 1. The van der Waals surface area contributed by atoms with Crippen molar-refractivity contribution in [3.8, 4) is 17.7 Å². The molecule has 1 aromatic carbocycles. The average molecular weight is 321 g/mol. The highest BCUT2D eigenvalue weighted by molar-refractivity contribution is 6.02. The fourth-order valence-electron chi connectivity index (χ4n) is 1.98. The average Bonchev–Trinajstić information content (AvgIpc) is 3.03. The minimum Gasteiger partial charge on any atom is -0.476 e. The number of ketones is 1. The van der Waals surface area contributed by atoms with Gasteiger partial charge in [-0.2, -0.15) is 0 Å². The number of H-pyrrole nitrogens is 1. The molecule has 1 aliphatic rings. The van der Waals surface area contributed by atoms with Crippen LogP contribution in [0.15, 0.2) is 53.8 Å². The summed E-state index contributed by atoms with van der Waals surface area (Å²) in [5, 5.41) is 18.1. The predicted molar refractivity (Wildman–Crippen MR) is 83.1 cm³/mol. The Labute approximate surface area is 136 Å². The van der Waals surface area contributed by atoms with Crippen LogP contribution in [0.1, 0.15) is 22.5 Å². The lowest BCUT2D eigenvalue weighted by Gasteiger charge is -2.10. The standard InChI is InChI=1S/C17H11N3O4/c21-14-10-13(24-16-15(17(22)23)18-20-19-16)9-8-12(14)7-6-11-4-2-1-3-5-11/h1-5,8-9H,10H2,(H,22,23)(H,18,19,20). The van der Waals surface area contributed by atoms with Crippen molar-refractivity contribution in [1.29, 1.82) is 0 Å². The molecule has 24 heavy (non-hydrogen) atoms. The van der Waals surface area contributed by atoms with Gasteiger partial charge in [-0.15, -0.1) is 0 Å². The Bertz CT molecular complexity index is 914. The molecular formula is C17H11N3O4. The zero-order chi connectivity index (χ0) is 16.9. The molecule has 1 aliphatic carbocycles. The van der Waals surface area contributed by atoms with Gasteiger partial charge in [0.1, 0.15) is 5.76 Å². The molecule has 118 valence electrons. The lowest BCUT2D eigenvalue weighted by Crippen LogP contribution is -2.11. The lowest BCUT2D eigenvalue weighted by molar-refractivity contribution is -0.115. The smallest absolute Gasteiger partial charge is 0.359 e. The van der Waals surface area contributed by atoms with Crippen molar-refractivity contribution >= 4 is 11.8 Å². The second-order valence-corrected chi connectivity index (χ2v) is 4.83. The van der Waals surface area contributed by atoms with Gasteiger partial charge in [0.25, 0.3) is 5.88 Å². The van der Waals surface area contributed by atoms with Crippen LogP contribution in [-0.2, 0) is 4.79 Å². The van der Waals surface area contributed by atoms with Crippen molar-refractivity contribution in [3.63, 3.8) is 0 Å². The van der Waals surface area contributed by atoms with E-state index in [9.17, 15) is 9.59 Å². The van der Waals surface area contributed by atoms with Crippen LogP contribution in [0.4, 0.5) is 0 Å². The van der Waals surface area contributed by atoms with Crippen LogP contribution < -0.4 is 4.74 Å². The first-order valence-electron chi connectivity index (χ1n) is 6.97. The summed E-state index contributed by atoms with van der Waals surface area (Å²) < 4.78 is 5.33. The van der Waals surface area contributed by atoms with Gasteiger partial charge in [-0.25, -0.2) is 9.89 Å². The summed E-state index contributed by atoms with van der Waals surface area (Å²) in [4.78, 5) is 23.1. The second-order valence-electron chi connectivity index (χ2n) is 4.83. The molecule has 2 N–H and O–H groups in total. The second kappa shape index (κ2) is 6.62. The highest BCUT2D eigenvalue weighted by atomic mass is 16.5. The van der Waals surface area contributed by atoms with Gasteiger partial charge in [0.15, 0.2) is 5.78 Å². The summed E-state index contributed by atoms with van der Waals surface area (Å²) in [6, 6.07) is 9.32. The van der Waals surface area contributed by atoms with E-state index in [-0.39, 0.29) is 29.5 Å². The highest BCUT2D eigenvalue weighted by Gasteiger charge is 2.21. The molecule has 0 bridgehead atoms. The fourth-order valence-corrected chi connectivity index (χ4v) is 1.98. The summed E-state index contributed by atoms with van der Waals surface area (Å²) in [5.41, 5.74) is 0.901. The Morgan fingerprint density at radius 2 is 2.00 bits per heavy atom. The summed E-state index contributed by atoms with van der Waals surface area (Å²) >= 11 is 0. The first-order valence-corrected chi connectivity index (χ1v) is 6.97. The molecule has 2 aromatic rings. The van der Waals surface area contributed by atoms with Gasteiger partial charge in [-0.05, 0) is 24.3 Å². The number of aromatic nitrogens is 3. The number of carboxylic acids is 1. The van der Waals surface area contributed by atoms with Crippen LogP contribution in [0.5, 0.6) is 5.88 Å². The molecule has 1 heterocycles. The maximum absolute atomic E-state index is 12.1. The monoisotopic (exact) mass is 321 g/mol. The Morgan fingerprint density at radius 1 is 1.21 bits per heavy atom. The van der Waals surface area contributed by atoms with Crippen molar-refractivity contribution in [2.45, 2.75) is 6.42 Å². The number of hydrogen-bond donors (Lipinski definition) is 2. The van der Waals surface area contributed by atoms with E-state index >= 15 is 0 Å². The molecule has 0 fully saturated rings. The Kier molecular flexibility index (Phi) is 4.21. The maximum Gasteiger partial charge on any atom is 0.359 e. The molecule has 0 spiro atoms. The molecule has 0 saturated carbocycles. The number of Topliss-reactive ketones (excluding diaryl/α,β-unsaturated/α-hetero) is 1. The normalized spacial score (nSPS) is 13.4. The third-order valence-electron chi connectivity index (χ3n) is 3.14. The van der Waals surface area contributed by atoms with Gasteiger partial charge in [-0.3, -0.25) is 4.79 Å². The zero-order valence-electron chi connectivity index (χ0n) is 12.3. The molecule has 3 rings (SSSR count). The Hall–Kier alpha value is -3.66. The molecule has 0 aliphatic heterocycles. The molecule has 0 amide bonds. The van der Waals surface area contributed by atoms with Crippen molar-refractivity contribution < 1.29 is 19.4 Å². The number of aromatic amines is 1. The third kappa shape index (κ3) is 3.39. The van der Waals surface area contributed by atoms with E-state index < -0.39 is 5.97 Å². The van der Waals surface area contributed by atoms with E-state index in [0.29, 0.717) is 5.57 Å². The Balaban J connectivity index is 1.77. The quantitative estimate of drug-likeness (QED) is 0.834. The number of carbonyl (C=O) groups is 2. The maximum atomic E-state index is 12.1. The van der Waals surface area contributed by atoms with Gasteiger partial charge in [0.05, 0.1) is 12.0 Å². The summed E-state index contributed by atoms with van der Waals surface area (Å²) in [7, 11) is 0. The predicted octanol–water partition coefficient (Wildman–Crippen LogP) is 1.72. The zero-order valence-corrected chi connectivity index (χ0v) is 12.3. The minimum atomic E-state index is -1.25. The highest BCUT2D eigenvalue weighted by Crippen LogP contribution is 2.20. The van der Waals surface area contributed by atoms with E-state index in [1.807, 2.05) is 30.3 Å². The number of allylic oxidation sites excluding steroid dienone is 4. The van der Waals surface area contributed by atoms with Crippen LogP contribution >= 0.6 is 0 Å². The van der Waals surface area contributed by atoms with Gasteiger partial charge in [0, 0.05) is 5.56 Å². The van der Waals surface area contributed by atoms with Crippen molar-refractivity contribution in [2.24, 2.45) is 0 Å². The van der Waals surface area contributed by atoms with Gasteiger partial charge in [-0.1, -0.05) is 40.4 Å². The fraction of sp³-hybridized carbons (Fsp3) is 0.0588. The first kappa shape index (κ1) is 15.2. The number of nitrogens with zero attached hydrogens (tertiary/aromatic N) is 2. The lowest BCUT2D eigenvalue weighted by atomic mass is 10.0. The molecule has 1 aromatic heterocycles. The third-order valence-corrected chi connectivity index (χ3v) is 3.14. The minimum absolute atomic E-state index is 0.0266. The van der Waals surface area contributed by atoms with Crippen LogP contribution in [0.3, 0.4) is 0 Å². The number of ether oxygens (including phenoxy) is 1. The number of carboxylic acid groups (broad SMARTS) is 1. The summed E-state index contributed by atoms with van der Waals surface area (Å²) in [5.74, 6) is 4.38. The van der Waals surface area contributed by atoms with Crippen LogP contribution in [-0.4, -0.2) is 32.3 Å². The molecule has 7 nitrogen and oxygen atoms in total. The summed E-state index contributed by atoms with van der Waals surface area (Å²) in [6.07, 6.45) is 3.08. The Morgan fingerprint density at radius 3 is 2.71 bits per heavy atom. The van der Waals surface area contributed by atoms with Crippen LogP contribution in [0, 0.1) is 11.8 Å². The largest absolute Gasteiger partial charge is 0.476 e. The molecular weight excluding hydrogens is 310 g/mol. The number of hydrogen-bond acceptors (Lipinski definition) is 5. The van der Waals surface area contributed by atoms with E-state index in [1.165, 1.54) is 6.08 Å². The van der Waals surface area contributed by atoms with E-state index in [2.05, 4.69) is 27.3 Å².